The molecular formula is C23H29NO5S. The third-order valence-corrected chi connectivity index (χ3v) is 6.15. The zero-order chi connectivity index (χ0) is 22.5. The molecule has 0 saturated heterocycles. The fourth-order valence-electron chi connectivity index (χ4n) is 2.84. The maximum absolute atomic E-state index is 13.6. The highest BCUT2D eigenvalue weighted by atomic mass is 32.2. The second-order valence-corrected chi connectivity index (χ2v) is 9.84. The van der Waals surface area contributed by atoms with Crippen LogP contribution in [0.5, 0.6) is 0 Å². The van der Waals surface area contributed by atoms with E-state index in [9.17, 15) is 13.2 Å². The molecule has 0 amide bonds. The van der Waals surface area contributed by atoms with Gasteiger partial charge in [-0.25, -0.2) is 13.2 Å². The highest BCUT2D eigenvalue weighted by molar-refractivity contribution is 7.89. The molecule has 0 aliphatic heterocycles. The van der Waals surface area contributed by atoms with Crippen molar-refractivity contribution >= 4 is 16.0 Å². The summed E-state index contributed by atoms with van der Waals surface area (Å²) in [5, 5.41) is 0. The Morgan fingerprint density at radius 2 is 1.87 bits per heavy atom. The van der Waals surface area contributed by atoms with Crippen LogP contribution in [0.1, 0.15) is 44.6 Å². The Hall–Kier alpha value is -2.64. The summed E-state index contributed by atoms with van der Waals surface area (Å²) in [7, 11) is -3.98. The molecule has 0 saturated carbocycles. The van der Waals surface area contributed by atoms with Crippen molar-refractivity contribution in [3.05, 3.63) is 78.8 Å². The highest BCUT2D eigenvalue weighted by Gasteiger charge is 2.38. The van der Waals surface area contributed by atoms with Crippen molar-refractivity contribution in [2.45, 2.75) is 50.7 Å². The van der Waals surface area contributed by atoms with E-state index >= 15 is 0 Å². The van der Waals surface area contributed by atoms with Gasteiger partial charge in [0.15, 0.2) is 0 Å². The normalized spacial score (nSPS) is 13.1. The molecular weight excluding hydrogens is 402 g/mol. The van der Waals surface area contributed by atoms with Crippen LogP contribution in [0.15, 0.2) is 76.8 Å². The largest absolute Gasteiger partial charge is 0.467 e. The Morgan fingerprint density at radius 3 is 2.37 bits per heavy atom. The summed E-state index contributed by atoms with van der Waals surface area (Å²) in [6, 6.07) is 8.73. The van der Waals surface area contributed by atoms with E-state index in [1.54, 1.807) is 63.2 Å². The van der Waals surface area contributed by atoms with Crippen LogP contribution in [0.2, 0.25) is 0 Å². The van der Waals surface area contributed by atoms with Crippen LogP contribution in [0.4, 0.5) is 0 Å². The molecule has 0 aliphatic rings. The van der Waals surface area contributed by atoms with E-state index in [1.807, 2.05) is 6.92 Å². The summed E-state index contributed by atoms with van der Waals surface area (Å²) in [4.78, 5) is 12.9. The lowest BCUT2D eigenvalue weighted by molar-refractivity contribution is -0.150. The van der Waals surface area contributed by atoms with E-state index in [0.717, 1.165) is 5.56 Å². The van der Waals surface area contributed by atoms with E-state index in [-0.39, 0.29) is 22.8 Å². The van der Waals surface area contributed by atoms with Crippen molar-refractivity contribution in [1.82, 2.24) is 4.31 Å². The van der Waals surface area contributed by atoms with Crippen LogP contribution in [0.25, 0.3) is 0 Å². The van der Waals surface area contributed by atoms with Gasteiger partial charge in [0.25, 0.3) is 0 Å². The summed E-state index contributed by atoms with van der Waals surface area (Å²) < 4.78 is 39.3. The van der Waals surface area contributed by atoms with Gasteiger partial charge in [-0.3, -0.25) is 0 Å². The Balaban J connectivity index is 2.57. The molecule has 0 unspecified atom stereocenters. The van der Waals surface area contributed by atoms with Crippen LogP contribution in [0, 0.1) is 6.92 Å². The van der Waals surface area contributed by atoms with Gasteiger partial charge >= 0.3 is 5.97 Å². The maximum atomic E-state index is 13.6. The molecule has 0 bridgehead atoms. The topological polar surface area (TPSA) is 76.8 Å². The molecule has 1 aromatic heterocycles. The number of benzene rings is 1. The molecule has 7 heteroatoms. The minimum Gasteiger partial charge on any atom is -0.467 e. The molecule has 0 radical (unpaired) electrons. The summed E-state index contributed by atoms with van der Waals surface area (Å²) >= 11 is 0. The number of aryl methyl sites for hydroxylation is 1. The number of carbonyl (C=O) groups is 1. The molecule has 162 valence electrons. The van der Waals surface area contributed by atoms with Crippen molar-refractivity contribution in [1.29, 1.82) is 0 Å². The molecule has 30 heavy (non-hydrogen) atoms. The van der Waals surface area contributed by atoms with Gasteiger partial charge in [-0.05, 0) is 58.4 Å². The van der Waals surface area contributed by atoms with E-state index in [0.29, 0.717) is 6.42 Å². The standard InChI is InChI=1S/C23H29NO5S/c1-7-8-15-24(30(26,27)19-13-11-17(2)12-14-19)21(20-10-9-16-28-20)18(3)22(25)29-23(4,5)6/h7,9-14,16,21H,1,3,8,15H2,2,4-6H3/t21-/m1/s1. The zero-order valence-corrected chi connectivity index (χ0v) is 18.7. The Labute approximate surface area is 178 Å². The van der Waals surface area contributed by atoms with Crippen molar-refractivity contribution in [2.75, 3.05) is 6.54 Å². The van der Waals surface area contributed by atoms with Crippen LogP contribution >= 0.6 is 0 Å². The fourth-order valence-corrected chi connectivity index (χ4v) is 4.45. The molecule has 1 atom stereocenters. The first kappa shape index (κ1) is 23.6. The number of esters is 1. The number of sulfonamides is 1. The van der Waals surface area contributed by atoms with Crippen LogP contribution < -0.4 is 0 Å². The number of ether oxygens (including phenoxy) is 1. The second kappa shape index (κ2) is 9.45. The van der Waals surface area contributed by atoms with Crippen molar-refractivity contribution < 1.29 is 22.4 Å². The first-order valence-corrected chi connectivity index (χ1v) is 11.1. The van der Waals surface area contributed by atoms with Crippen LogP contribution in [0.3, 0.4) is 0 Å². The third kappa shape index (κ3) is 5.70. The predicted octanol–water partition coefficient (Wildman–Crippen LogP) is 4.79. The number of nitrogens with zero attached hydrogens (tertiary/aromatic N) is 1. The number of hydrogen-bond donors (Lipinski definition) is 0. The van der Waals surface area contributed by atoms with Gasteiger partial charge < -0.3 is 9.15 Å². The molecule has 0 aliphatic carbocycles. The maximum Gasteiger partial charge on any atom is 0.336 e. The lowest BCUT2D eigenvalue weighted by atomic mass is 10.1. The Bertz CT molecular complexity index is 983. The summed E-state index contributed by atoms with van der Waals surface area (Å²) in [5.74, 6) is -0.405. The predicted molar refractivity (Wildman–Crippen MR) is 116 cm³/mol. The number of hydrogen-bond acceptors (Lipinski definition) is 5. The summed E-state index contributed by atoms with van der Waals surface area (Å²) in [6.45, 7) is 14.7. The quantitative estimate of drug-likeness (QED) is 0.324. The second-order valence-electron chi connectivity index (χ2n) is 7.95. The van der Waals surface area contributed by atoms with E-state index in [2.05, 4.69) is 13.2 Å². The monoisotopic (exact) mass is 431 g/mol. The van der Waals surface area contributed by atoms with Gasteiger partial charge in [0.2, 0.25) is 10.0 Å². The number of furan rings is 1. The molecule has 0 fully saturated rings. The van der Waals surface area contributed by atoms with Gasteiger partial charge in [-0.2, -0.15) is 4.31 Å². The smallest absolute Gasteiger partial charge is 0.336 e. The minimum absolute atomic E-state index is 0.0281. The van der Waals surface area contributed by atoms with Crippen molar-refractivity contribution in [3.63, 3.8) is 0 Å². The molecule has 1 heterocycles. The fraction of sp³-hybridized carbons (Fsp3) is 0.348. The average Bonchev–Trinajstić information content (AvgIpc) is 3.17. The minimum atomic E-state index is -3.98. The molecule has 2 aromatic rings. The molecule has 6 nitrogen and oxygen atoms in total. The summed E-state index contributed by atoms with van der Waals surface area (Å²) in [6.07, 6.45) is 3.42. The SMILES string of the molecule is C=CCCN([C@H](C(=C)C(=O)OC(C)(C)C)c1ccco1)S(=O)(=O)c1ccc(C)cc1. The van der Waals surface area contributed by atoms with Crippen LogP contribution in [-0.4, -0.2) is 30.8 Å². The number of carbonyl (C=O) groups excluding carboxylic acids is 1. The number of rotatable bonds is 9. The molecule has 1 aromatic carbocycles. The lowest BCUT2D eigenvalue weighted by Gasteiger charge is -2.31. The highest BCUT2D eigenvalue weighted by Crippen LogP contribution is 2.34. The first-order chi connectivity index (χ1) is 14.0. The lowest BCUT2D eigenvalue weighted by Crippen LogP contribution is -2.39. The van der Waals surface area contributed by atoms with Gasteiger partial charge in [0, 0.05) is 6.54 Å². The van der Waals surface area contributed by atoms with E-state index in [1.165, 1.54) is 10.6 Å². The van der Waals surface area contributed by atoms with Gasteiger partial charge in [-0.15, -0.1) is 6.58 Å². The van der Waals surface area contributed by atoms with E-state index < -0.39 is 27.6 Å². The first-order valence-electron chi connectivity index (χ1n) is 9.62. The zero-order valence-electron chi connectivity index (χ0n) is 17.9. The molecule has 0 spiro atoms. The van der Waals surface area contributed by atoms with Crippen LogP contribution in [-0.2, 0) is 19.6 Å². The van der Waals surface area contributed by atoms with Crippen molar-refractivity contribution in [3.8, 4) is 0 Å². The van der Waals surface area contributed by atoms with Gasteiger partial charge in [0.1, 0.15) is 17.4 Å². The Morgan fingerprint density at radius 1 is 1.23 bits per heavy atom. The van der Waals surface area contributed by atoms with Gasteiger partial charge in [-0.1, -0.05) is 30.4 Å². The molecule has 2 rings (SSSR count). The Kier molecular flexibility index (Phi) is 7.44. The third-order valence-electron chi connectivity index (χ3n) is 4.27. The molecule has 0 N–H and O–H groups in total. The average molecular weight is 432 g/mol. The summed E-state index contributed by atoms with van der Waals surface area (Å²) in [5.41, 5.74) is 0.155. The van der Waals surface area contributed by atoms with Crippen molar-refractivity contribution in [2.24, 2.45) is 0 Å². The van der Waals surface area contributed by atoms with Gasteiger partial charge in [0.05, 0.1) is 16.7 Å². The van der Waals surface area contributed by atoms with E-state index in [4.69, 9.17) is 9.15 Å².